The lowest BCUT2D eigenvalue weighted by Gasteiger charge is -2.03. The van der Waals surface area contributed by atoms with Crippen molar-refractivity contribution in [3.8, 4) is 0 Å². The van der Waals surface area contributed by atoms with Gasteiger partial charge in [0, 0.05) is 13.1 Å². The molecule has 1 heterocycles. The van der Waals surface area contributed by atoms with E-state index in [1.54, 1.807) is 10.9 Å². The predicted molar refractivity (Wildman–Crippen MR) is 60.7 cm³/mol. The zero-order valence-electron chi connectivity index (χ0n) is 9.86. The lowest BCUT2D eigenvalue weighted by atomic mass is 10.3. The minimum Gasteiger partial charge on any atom is -0.354 e. The van der Waals surface area contributed by atoms with Gasteiger partial charge in [-0.05, 0) is 13.5 Å². The molecule has 0 unspecified atom stereocenters. The fourth-order valence-corrected chi connectivity index (χ4v) is 1.29. The van der Waals surface area contributed by atoms with Gasteiger partial charge in [0.1, 0.15) is 6.54 Å². The quantitative estimate of drug-likeness (QED) is 0.636. The zero-order valence-corrected chi connectivity index (χ0v) is 9.86. The highest BCUT2D eigenvalue weighted by atomic mass is 16.2. The molecule has 0 bridgehead atoms. The molecule has 0 atom stereocenters. The Morgan fingerprint density at radius 3 is 3.06 bits per heavy atom. The smallest absolute Gasteiger partial charge is 0.241 e. The Morgan fingerprint density at radius 2 is 2.38 bits per heavy atom. The number of aromatic nitrogens is 3. The van der Waals surface area contributed by atoms with Gasteiger partial charge >= 0.3 is 0 Å². The highest BCUT2D eigenvalue weighted by Gasteiger charge is 2.04. The van der Waals surface area contributed by atoms with Crippen LogP contribution in [0.3, 0.4) is 0 Å². The van der Waals surface area contributed by atoms with Crippen LogP contribution in [0.15, 0.2) is 6.20 Å². The van der Waals surface area contributed by atoms with Crippen LogP contribution in [0.5, 0.6) is 0 Å². The molecule has 6 nitrogen and oxygen atoms in total. The van der Waals surface area contributed by atoms with E-state index in [0.717, 1.165) is 25.1 Å². The second-order valence-electron chi connectivity index (χ2n) is 3.64. The van der Waals surface area contributed by atoms with Crippen LogP contribution in [0, 0.1) is 0 Å². The van der Waals surface area contributed by atoms with Crippen molar-refractivity contribution < 1.29 is 4.79 Å². The van der Waals surface area contributed by atoms with E-state index in [4.69, 9.17) is 0 Å². The first-order valence-corrected chi connectivity index (χ1v) is 5.56. The predicted octanol–water partition coefficient (Wildman–Crippen LogP) is -0.0862. The van der Waals surface area contributed by atoms with Gasteiger partial charge in [-0.1, -0.05) is 18.6 Å². The van der Waals surface area contributed by atoms with Crippen LogP contribution in [-0.4, -0.2) is 34.5 Å². The van der Waals surface area contributed by atoms with Gasteiger partial charge in [0.25, 0.3) is 0 Å². The topological polar surface area (TPSA) is 71.8 Å². The summed E-state index contributed by atoms with van der Waals surface area (Å²) in [6.07, 6.45) is 3.86. The number of rotatable bonds is 7. The SMILES string of the molecule is CCCCNC(=O)Cn1cc(CNC)nn1. The molecule has 0 aliphatic rings. The van der Waals surface area contributed by atoms with Crippen molar-refractivity contribution in [1.82, 2.24) is 25.6 Å². The third-order valence-corrected chi connectivity index (χ3v) is 2.10. The van der Waals surface area contributed by atoms with Crippen LogP contribution < -0.4 is 10.6 Å². The maximum atomic E-state index is 11.4. The Hall–Kier alpha value is -1.43. The number of nitrogens with one attached hydrogen (secondary N) is 2. The van der Waals surface area contributed by atoms with Crippen LogP contribution in [0.2, 0.25) is 0 Å². The van der Waals surface area contributed by atoms with E-state index >= 15 is 0 Å². The van der Waals surface area contributed by atoms with Gasteiger partial charge in [-0.2, -0.15) is 0 Å². The standard InChI is InChI=1S/C10H19N5O/c1-3-4-5-12-10(16)8-15-7-9(6-11-2)13-14-15/h7,11H,3-6,8H2,1-2H3,(H,12,16). The molecule has 0 radical (unpaired) electrons. The Kier molecular flexibility index (Phi) is 5.49. The Labute approximate surface area is 95.4 Å². The van der Waals surface area contributed by atoms with Crippen LogP contribution in [0.4, 0.5) is 0 Å². The molecule has 2 N–H and O–H groups in total. The maximum absolute atomic E-state index is 11.4. The summed E-state index contributed by atoms with van der Waals surface area (Å²) in [6, 6.07) is 0. The first-order chi connectivity index (χ1) is 7.76. The molecule has 0 aliphatic carbocycles. The summed E-state index contributed by atoms with van der Waals surface area (Å²) in [7, 11) is 1.84. The number of amides is 1. The zero-order chi connectivity index (χ0) is 11.8. The molecule has 1 amide bonds. The van der Waals surface area contributed by atoms with Crippen molar-refractivity contribution in [2.45, 2.75) is 32.9 Å². The summed E-state index contributed by atoms with van der Waals surface area (Å²) in [6.45, 7) is 3.72. The summed E-state index contributed by atoms with van der Waals surface area (Å²) in [5.74, 6) is -0.0191. The number of hydrogen-bond acceptors (Lipinski definition) is 4. The molecule has 0 aromatic carbocycles. The maximum Gasteiger partial charge on any atom is 0.241 e. The monoisotopic (exact) mass is 225 g/mol. The molecule has 90 valence electrons. The second kappa shape index (κ2) is 6.95. The summed E-state index contributed by atoms with van der Waals surface area (Å²) in [5.41, 5.74) is 0.837. The van der Waals surface area contributed by atoms with Gasteiger partial charge in [0.2, 0.25) is 5.91 Å². The van der Waals surface area contributed by atoms with Gasteiger partial charge in [-0.25, -0.2) is 4.68 Å². The van der Waals surface area contributed by atoms with E-state index in [1.807, 2.05) is 7.05 Å². The van der Waals surface area contributed by atoms with Crippen LogP contribution in [-0.2, 0) is 17.9 Å². The summed E-state index contributed by atoms with van der Waals surface area (Å²) < 4.78 is 1.55. The normalized spacial score (nSPS) is 10.4. The lowest BCUT2D eigenvalue weighted by Crippen LogP contribution is -2.28. The fraction of sp³-hybridized carbons (Fsp3) is 0.700. The molecule has 6 heteroatoms. The van der Waals surface area contributed by atoms with Gasteiger partial charge in [-0.3, -0.25) is 4.79 Å². The van der Waals surface area contributed by atoms with Crippen molar-refractivity contribution >= 4 is 5.91 Å². The third-order valence-electron chi connectivity index (χ3n) is 2.10. The number of nitrogens with zero attached hydrogens (tertiary/aromatic N) is 3. The average molecular weight is 225 g/mol. The van der Waals surface area contributed by atoms with Crippen LogP contribution >= 0.6 is 0 Å². The molecule has 0 fully saturated rings. The molecular weight excluding hydrogens is 206 g/mol. The molecule has 16 heavy (non-hydrogen) atoms. The molecule has 0 aliphatic heterocycles. The highest BCUT2D eigenvalue weighted by Crippen LogP contribution is 1.92. The van der Waals surface area contributed by atoms with Crippen molar-refractivity contribution in [1.29, 1.82) is 0 Å². The molecular formula is C10H19N5O. The first kappa shape index (κ1) is 12.6. The summed E-state index contributed by atoms with van der Waals surface area (Å²) >= 11 is 0. The summed E-state index contributed by atoms with van der Waals surface area (Å²) in [5, 5.41) is 13.6. The largest absolute Gasteiger partial charge is 0.354 e. The number of carbonyl (C=O) groups is 1. The minimum absolute atomic E-state index is 0.0191. The Balaban J connectivity index is 2.31. The van der Waals surface area contributed by atoms with Gasteiger partial charge in [-0.15, -0.1) is 5.10 Å². The molecule has 0 saturated carbocycles. The van der Waals surface area contributed by atoms with Crippen molar-refractivity contribution in [2.75, 3.05) is 13.6 Å². The lowest BCUT2D eigenvalue weighted by molar-refractivity contribution is -0.121. The minimum atomic E-state index is -0.0191. The fourth-order valence-electron chi connectivity index (χ4n) is 1.29. The molecule has 1 aromatic heterocycles. The van der Waals surface area contributed by atoms with Crippen LogP contribution in [0.25, 0.3) is 0 Å². The second-order valence-corrected chi connectivity index (χ2v) is 3.64. The summed E-state index contributed by atoms with van der Waals surface area (Å²) in [4.78, 5) is 11.4. The van der Waals surface area contributed by atoms with E-state index in [-0.39, 0.29) is 12.5 Å². The van der Waals surface area contributed by atoms with Crippen molar-refractivity contribution in [3.05, 3.63) is 11.9 Å². The Bertz CT molecular complexity index is 323. The van der Waals surface area contributed by atoms with E-state index in [1.165, 1.54) is 0 Å². The van der Waals surface area contributed by atoms with E-state index in [0.29, 0.717) is 6.54 Å². The number of hydrogen-bond donors (Lipinski definition) is 2. The van der Waals surface area contributed by atoms with Crippen molar-refractivity contribution in [3.63, 3.8) is 0 Å². The van der Waals surface area contributed by atoms with Gasteiger partial charge < -0.3 is 10.6 Å². The van der Waals surface area contributed by atoms with Crippen LogP contribution in [0.1, 0.15) is 25.5 Å². The molecule has 0 spiro atoms. The first-order valence-electron chi connectivity index (χ1n) is 5.56. The number of carbonyl (C=O) groups excluding carboxylic acids is 1. The highest BCUT2D eigenvalue weighted by molar-refractivity contribution is 5.75. The van der Waals surface area contributed by atoms with Gasteiger partial charge in [0.15, 0.2) is 0 Å². The van der Waals surface area contributed by atoms with Gasteiger partial charge in [0.05, 0.1) is 11.9 Å². The van der Waals surface area contributed by atoms with E-state index < -0.39 is 0 Å². The molecule has 0 saturated heterocycles. The van der Waals surface area contributed by atoms with E-state index in [9.17, 15) is 4.79 Å². The average Bonchev–Trinajstić information content (AvgIpc) is 2.66. The number of unbranched alkanes of at least 4 members (excludes halogenated alkanes) is 1. The molecule has 1 rings (SSSR count). The van der Waals surface area contributed by atoms with Crippen molar-refractivity contribution in [2.24, 2.45) is 0 Å². The Morgan fingerprint density at radius 1 is 1.56 bits per heavy atom. The molecule has 1 aromatic rings. The van der Waals surface area contributed by atoms with E-state index in [2.05, 4.69) is 27.9 Å². The third kappa shape index (κ3) is 4.39.